The topological polar surface area (TPSA) is 12.0 Å². The summed E-state index contributed by atoms with van der Waals surface area (Å²) < 4.78 is 0.800. The Balaban J connectivity index is 2.39. The Bertz CT molecular complexity index is 508. The Morgan fingerprint density at radius 3 is 2.65 bits per heavy atom. The monoisotopic (exact) mass is 285 g/mol. The van der Waals surface area contributed by atoms with Crippen molar-refractivity contribution in [3.63, 3.8) is 0 Å². The van der Waals surface area contributed by atoms with Crippen molar-refractivity contribution in [1.29, 1.82) is 0 Å². The van der Waals surface area contributed by atoms with Crippen LogP contribution in [0, 0.1) is 0 Å². The smallest absolute Gasteiger partial charge is 0.0934 e. The molecule has 0 bridgehead atoms. The average Bonchev–Trinajstić information content (AvgIpc) is 2.74. The first-order chi connectivity index (χ1) is 8.20. The summed E-state index contributed by atoms with van der Waals surface area (Å²) in [6.45, 7) is 3.89. The van der Waals surface area contributed by atoms with Gasteiger partial charge in [0.1, 0.15) is 0 Å². The fourth-order valence-corrected chi connectivity index (χ4v) is 2.92. The van der Waals surface area contributed by atoms with Gasteiger partial charge in [0.05, 0.1) is 4.34 Å². The molecular formula is C13H13Cl2NS. The lowest BCUT2D eigenvalue weighted by molar-refractivity contribution is 0.728. The fourth-order valence-electron chi connectivity index (χ4n) is 1.65. The van der Waals surface area contributed by atoms with E-state index in [2.05, 4.69) is 18.3 Å². The summed E-state index contributed by atoms with van der Waals surface area (Å²) in [5.41, 5.74) is 2.41. The Morgan fingerprint density at radius 2 is 2.00 bits per heavy atom. The van der Waals surface area contributed by atoms with Crippen LogP contribution in [0.3, 0.4) is 0 Å². The van der Waals surface area contributed by atoms with Gasteiger partial charge in [0, 0.05) is 16.4 Å². The molecule has 1 heterocycles. The molecule has 1 N–H and O–H groups in total. The third-order valence-corrected chi connectivity index (χ3v) is 3.98. The largest absolute Gasteiger partial charge is 0.313 e. The van der Waals surface area contributed by atoms with Crippen molar-refractivity contribution >= 4 is 34.5 Å². The molecule has 0 atom stereocenters. The van der Waals surface area contributed by atoms with Gasteiger partial charge in [-0.1, -0.05) is 36.2 Å². The highest BCUT2D eigenvalue weighted by Gasteiger charge is 2.08. The molecule has 2 rings (SSSR count). The average molecular weight is 286 g/mol. The zero-order chi connectivity index (χ0) is 12.3. The first kappa shape index (κ1) is 12.9. The van der Waals surface area contributed by atoms with E-state index < -0.39 is 0 Å². The van der Waals surface area contributed by atoms with E-state index in [0.717, 1.165) is 32.9 Å². The minimum absolute atomic E-state index is 0.754. The van der Waals surface area contributed by atoms with Crippen molar-refractivity contribution in [2.45, 2.75) is 13.5 Å². The lowest BCUT2D eigenvalue weighted by Gasteiger charge is -2.09. The zero-order valence-electron chi connectivity index (χ0n) is 9.47. The predicted octanol–water partition coefficient (Wildman–Crippen LogP) is 4.83. The van der Waals surface area contributed by atoms with Crippen LogP contribution in [0.25, 0.3) is 10.4 Å². The van der Waals surface area contributed by atoms with Crippen molar-refractivity contribution in [2.24, 2.45) is 0 Å². The van der Waals surface area contributed by atoms with Crippen LogP contribution < -0.4 is 5.32 Å². The van der Waals surface area contributed by atoms with Crippen LogP contribution >= 0.6 is 34.5 Å². The van der Waals surface area contributed by atoms with Gasteiger partial charge in [-0.05, 0) is 41.9 Å². The second-order valence-corrected chi connectivity index (χ2v) is 5.84. The quantitative estimate of drug-likeness (QED) is 0.848. The van der Waals surface area contributed by atoms with Crippen molar-refractivity contribution in [1.82, 2.24) is 5.32 Å². The van der Waals surface area contributed by atoms with Crippen LogP contribution in [0.4, 0.5) is 0 Å². The van der Waals surface area contributed by atoms with Gasteiger partial charge in [-0.25, -0.2) is 0 Å². The van der Waals surface area contributed by atoms with E-state index >= 15 is 0 Å². The molecule has 0 radical (unpaired) electrons. The van der Waals surface area contributed by atoms with Crippen molar-refractivity contribution in [3.05, 3.63) is 45.3 Å². The van der Waals surface area contributed by atoms with E-state index in [1.807, 2.05) is 24.3 Å². The number of benzene rings is 1. The van der Waals surface area contributed by atoms with E-state index in [1.165, 1.54) is 5.56 Å². The first-order valence-corrected chi connectivity index (χ1v) is 7.03. The van der Waals surface area contributed by atoms with Gasteiger partial charge in [-0.15, -0.1) is 11.3 Å². The highest BCUT2D eigenvalue weighted by molar-refractivity contribution is 7.19. The SMILES string of the molecule is CCNCc1ccc(Cl)cc1-c1ccc(Cl)s1. The number of nitrogens with one attached hydrogen (secondary N) is 1. The van der Waals surface area contributed by atoms with E-state index in [-0.39, 0.29) is 0 Å². The minimum Gasteiger partial charge on any atom is -0.313 e. The maximum atomic E-state index is 6.06. The Hall–Kier alpha value is -0.540. The molecule has 4 heteroatoms. The molecule has 0 amide bonds. The summed E-state index contributed by atoms with van der Waals surface area (Å²) in [7, 11) is 0. The summed E-state index contributed by atoms with van der Waals surface area (Å²) in [5, 5.41) is 4.08. The summed E-state index contributed by atoms with van der Waals surface area (Å²) in [6.07, 6.45) is 0. The highest BCUT2D eigenvalue weighted by atomic mass is 35.5. The van der Waals surface area contributed by atoms with Crippen LogP contribution in [-0.2, 0) is 6.54 Å². The number of thiophene rings is 1. The van der Waals surface area contributed by atoms with Crippen LogP contribution in [0.5, 0.6) is 0 Å². The van der Waals surface area contributed by atoms with E-state index in [4.69, 9.17) is 23.2 Å². The Kier molecular flexibility index (Phi) is 4.46. The Labute approximate surface area is 115 Å². The summed E-state index contributed by atoms with van der Waals surface area (Å²) >= 11 is 13.6. The highest BCUT2D eigenvalue weighted by Crippen LogP contribution is 2.34. The summed E-state index contributed by atoms with van der Waals surface area (Å²) in [5.74, 6) is 0. The standard InChI is InChI=1S/C13H13Cl2NS/c1-2-16-8-9-3-4-10(14)7-11(9)12-5-6-13(15)17-12/h3-7,16H,2,8H2,1H3. The van der Waals surface area contributed by atoms with E-state index in [1.54, 1.807) is 11.3 Å². The van der Waals surface area contributed by atoms with Gasteiger partial charge in [-0.2, -0.15) is 0 Å². The van der Waals surface area contributed by atoms with Crippen molar-refractivity contribution < 1.29 is 0 Å². The maximum absolute atomic E-state index is 6.06. The molecule has 0 aliphatic rings. The Morgan fingerprint density at radius 1 is 1.18 bits per heavy atom. The molecule has 0 aliphatic carbocycles. The number of hydrogen-bond donors (Lipinski definition) is 1. The molecule has 0 aliphatic heterocycles. The molecule has 0 saturated heterocycles. The van der Waals surface area contributed by atoms with Crippen LogP contribution in [0.1, 0.15) is 12.5 Å². The fraction of sp³-hybridized carbons (Fsp3) is 0.231. The van der Waals surface area contributed by atoms with Gasteiger partial charge in [0.25, 0.3) is 0 Å². The first-order valence-electron chi connectivity index (χ1n) is 5.45. The summed E-state index contributed by atoms with van der Waals surface area (Å²) in [4.78, 5) is 1.16. The van der Waals surface area contributed by atoms with Gasteiger partial charge < -0.3 is 5.32 Å². The molecule has 0 unspecified atom stereocenters. The molecule has 2 aromatic rings. The van der Waals surface area contributed by atoms with Gasteiger partial charge >= 0.3 is 0 Å². The van der Waals surface area contributed by atoms with E-state index in [0.29, 0.717) is 0 Å². The molecule has 1 aromatic carbocycles. The zero-order valence-corrected chi connectivity index (χ0v) is 11.8. The van der Waals surface area contributed by atoms with Gasteiger partial charge in [-0.3, -0.25) is 0 Å². The molecular weight excluding hydrogens is 273 g/mol. The molecule has 1 aromatic heterocycles. The molecule has 90 valence electrons. The number of hydrogen-bond acceptors (Lipinski definition) is 2. The lowest BCUT2D eigenvalue weighted by atomic mass is 10.1. The summed E-state index contributed by atoms with van der Waals surface area (Å²) in [6, 6.07) is 9.94. The predicted molar refractivity (Wildman–Crippen MR) is 77.2 cm³/mol. The lowest BCUT2D eigenvalue weighted by Crippen LogP contribution is -2.12. The van der Waals surface area contributed by atoms with Crippen LogP contribution in [0.2, 0.25) is 9.36 Å². The normalized spacial score (nSPS) is 10.8. The molecule has 0 spiro atoms. The van der Waals surface area contributed by atoms with Gasteiger partial charge in [0.2, 0.25) is 0 Å². The van der Waals surface area contributed by atoms with Crippen LogP contribution in [-0.4, -0.2) is 6.54 Å². The van der Waals surface area contributed by atoms with Gasteiger partial charge in [0.15, 0.2) is 0 Å². The maximum Gasteiger partial charge on any atom is 0.0934 e. The number of rotatable bonds is 4. The second kappa shape index (κ2) is 5.87. The molecule has 17 heavy (non-hydrogen) atoms. The molecule has 0 fully saturated rings. The minimum atomic E-state index is 0.754. The van der Waals surface area contributed by atoms with Crippen molar-refractivity contribution in [2.75, 3.05) is 6.54 Å². The third-order valence-electron chi connectivity index (χ3n) is 2.48. The molecule has 0 saturated carbocycles. The molecule has 1 nitrogen and oxygen atoms in total. The van der Waals surface area contributed by atoms with Crippen molar-refractivity contribution in [3.8, 4) is 10.4 Å². The third kappa shape index (κ3) is 3.23. The second-order valence-electron chi connectivity index (χ2n) is 3.69. The van der Waals surface area contributed by atoms with E-state index in [9.17, 15) is 0 Å². The van der Waals surface area contributed by atoms with Crippen LogP contribution in [0.15, 0.2) is 30.3 Å². The number of halogens is 2.